The first kappa shape index (κ1) is 15.8. The molecule has 0 saturated carbocycles. The predicted molar refractivity (Wildman–Crippen MR) is 98.3 cm³/mol. The van der Waals surface area contributed by atoms with E-state index in [9.17, 15) is 9.18 Å². The second kappa shape index (κ2) is 6.31. The Morgan fingerprint density at radius 1 is 1.16 bits per heavy atom. The molecule has 0 atom stereocenters. The average molecular weight is 373 g/mol. The largest absolute Gasteiger partial charge is 0.422 e. The summed E-state index contributed by atoms with van der Waals surface area (Å²) in [6, 6.07) is 12.8. The minimum absolute atomic E-state index is 0.339. The molecule has 124 valence electrons. The molecule has 4 rings (SSSR count). The van der Waals surface area contributed by atoms with E-state index in [4.69, 9.17) is 16.0 Å². The Hall–Kier alpha value is -2.70. The van der Waals surface area contributed by atoms with Gasteiger partial charge in [-0.25, -0.2) is 14.2 Å². The van der Waals surface area contributed by atoms with Crippen LogP contribution >= 0.6 is 22.9 Å². The van der Waals surface area contributed by atoms with Crippen LogP contribution in [0, 0.1) is 5.82 Å². The molecule has 1 N–H and O–H groups in total. The van der Waals surface area contributed by atoms with Crippen LogP contribution in [0.15, 0.2) is 63.1 Å². The van der Waals surface area contributed by atoms with Crippen molar-refractivity contribution in [2.45, 2.75) is 0 Å². The standard InChI is InChI=1S/C18H10ClFN2O2S/c19-11-4-5-16-10(6-11)7-14(17(23)24-16)15-9-25-18(22-15)21-13-3-1-2-12(20)8-13/h1-9H,(H,21,22). The van der Waals surface area contributed by atoms with Gasteiger partial charge in [0.05, 0.1) is 11.3 Å². The van der Waals surface area contributed by atoms with Crippen LogP contribution in [0.1, 0.15) is 0 Å². The smallest absolute Gasteiger partial charge is 0.345 e. The molecule has 4 nitrogen and oxygen atoms in total. The molecule has 0 spiro atoms. The van der Waals surface area contributed by atoms with Crippen molar-refractivity contribution in [2.24, 2.45) is 0 Å². The fourth-order valence-corrected chi connectivity index (χ4v) is 3.33. The first-order valence-corrected chi connectivity index (χ1v) is 8.56. The number of hydrogen-bond acceptors (Lipinski definition) is 5. The van der Waals surface area contributed by atoms with Crippen molar-refractivity contribution < 1.29 is 8.81 Å². The van der Waals surface area contributed by atoms with Crippen LogP contribution < -0.4 is 10.9 Å². The molecule has 0 unspecified atom stereocenters. The van der Waals surface area contributed by atoms with Crippen molar-refractivity contribution in [1.29, 1.82) is 0 Å². The van der Waals surface area contributed by atoms with E-state index in [1.807, 2.05) is 0 Å². The number of hydrogen-bond donors (Lipinski definition) is 1. The third-order valence-electron chi connectivity index (χ3n) is 3.55. The highest BCUT2D eigenvalue weighted by atomic mass is 35.5. The summed E-state index contributed by atoms with van der Waals surface area (Å²) < 4.78 is 18.6. The lowest BCUT2D eigenvalue weighted by molar-refractivity contribution is 0.563. The molecule has 0 fully saturated rings. The predicted octanol–water partition coefficient (Wildman–Crippen LogP) is 5.45. The van der Waals surface area contributed by atoms with Crippen LogP contribution in [0.2, 0.25) is 5.02 Å². The number of benzene rings is 2. The number of aromatic nitrogens is 1. The summed E-state index contributed by atoms with van der Waals surface area (Å²) in [5.41, 5.74) is 1.40. The highest BCUT2D eigenvalue weighted by Gasteiger charge is 2.12. The van der Waals surface area contributed by atoms with Crippen molar-refractivity contribution in [3.05, 3.63) is 75.2 Å². The van der Waals surface area contributed by atoms with Crippen molar-refractivity contribution in [3.63, 3.8) is 0 Å². The van der Waals surface area contributed by atoms with Gasteiger partial charge in [0, 0.05) is 21.5 Å². The molecular weight excluding hydrogens is 363 g/mol. The summed E-state index contributed by atoms with van der Waals surface area (Å²) in [6.07, 6.45) is 0. The van der Waals surface area contributed by atoms with Crippen LogP contribution in [0.4, 0.5) is 15.2 Å². The average Bonchev–Trinajstić information content (AvgIpc) is 3.03. The maximum atomic E-state index is 13.3. The third-order valence-corrected chi connectivity index (χ3v) is 4.54. The molecule has 0 aliphatic carbocycles. The highest BCUT2D eigenvalue weighted by molar-refractivity contribution is 7.14. The lowest BCUT2D eigenvalue weighted by atomic mass is 10.1. The number of halogens is 2. The van der Waals surface area contributed by atoms with Crippen molar-refractivity contribution in [2.75, 3.05) is 5.32 Å². The topological polar surface area (TPSA) is 55.1 Å². The zero-order valence-corrected chi connectivity index (χ0v) is 14.2. The number of fused-ring (bicyclic) bond motifs is 1. The van der Waals surface area contributed by atoms with E-state index in [1.54, 1.807) is 41.8 Å². The molecule has 0 radical (unpaired) electrons. The highest BCUT2D eigenvalue weighted by Crippen LogP contribution is 2.28. The zero-order valence-electron chi connectivity index (χ0n) is 12.6. The summed E-state index contributed by atoms with van der Waals surface area (Å²) in [5.74, 6) is -0.339. The molecule has 0 bridgehead atoms. The lowest BCUT2D eigenvalue weighted by Gasteiger charge is -2.02. The van der Waals surface area contributed by atoms with Gasteiger partial charge in [0.2, 0.25) is 0 Å². The van der Waals surface area contributed by atoms with Crippen LogP contribution in [-0.2, 0) is 0 Å². The van der Waals surface area contributed by atoms with Gasteiger partial charge in [0.15, 0.2) is 5.13 Å². The summed E-state index contributed by atoms with van der Waals surface area (Å²) >= 11 is 7.30. The maximum absolute atomic E-state index is 13.3. The van der Waals surface area contributed by atoms with Gasteiger partial charge in [-0.15, -0.1) is 11.3 Å². The molecule has 0 aliphatic rings. The molecule has 0 saturated heterocycles. The van der Waals surface area contributed by atoms with E-state index in [0.717, 1.165) is 5.39 Å². The number of nitrogens with one attached hydrogen (secondary N) is 1. The quantitative estimate of drug-likeness (QED) is 0.486. The molecule has 0 amide bonds. The van der Waals surface area contributed by atoms with Crippen molar-refractivity contribution >= 4 is 44.7 Å². The summed E-state index contributed by atoms with van der Waals surface area (Å²) in [6.45, 7) is 0. The Kier molecular flexibility index (Phi) is 3.99. The zero-order chi connectivity index (χ0) is 17.4. The molecule has 4 aromatic rings. The summed E-state index contributed by atoms with van der Waals surface area (Å²) in [4.78, 5) is 16.6. The van der Waals surface area contributed by atoms with Gasteiger partial charge >= 0.3 is 5.63 Å². The van der Waals surface area contributed by atoms with E-state index in [1.165, 1.54) is 23.5 Å². The summed E-state index contributed by atoms with van der Waals surface area (Å²) in [5, 5.41) is 6.57. The van der Waals surface area contributed by atoms with Crippen molar-refractivity contribution in [3.8, 4) is 11.3 Å². The molecule has 2 aromatic carbocycles. The van der Waals surface area contributed by atoms with E-state index >= 15 is 0 Å². The minimum Gasteiger partial charge on any atom is -0.422 e. The molecule has 2 heterocycles. The van der Waals surface area contributed by atoms with Gasteiger partial charge in [-0.1, -0.05) is 17.7 Å². The molecule has 25 heavy (non-hydrogen) atoms. The number of rotatable bonds is 3. The van der Waals surface area contributed by atoms with E-state index in [0.29, 0.717) is 32.7 Å². The van der Waals surface area contributed by atoms with Crippen molar-refractivity contribution in [1.82, 2.24) is 4.98 Å². The monoisotopic (exact) mass is 372 g/mol. The van der Waals surface area contributed by atoms with E-state index < -0.39 is 5.63 Å². The number of thiazole rings is 1. The van der Waals surface area contributed by atoms with Crippen LogP contribution in [0.25, 0.3) is 22.2 Å². The molecule has 2 aromatic heterocycles. The second-order valence-corrected chi connectivity index (χ2v) is 6.60. The Morgan fingerprint density at radius 2 is 2.04 bits per heavy atom. The van der Waals surface area contributed by atoms with Gasteiger partial charge in [0.1, 0.15) is 11.4 Å². The van der Waals surface area contributed by atoms with E-state index in [-0.39, 0.29) is 5.82 Å². The molecule has 0 aliphatic heterocycles. The lowest BCUT2D eigenvalue weighted by Crippen LogP contribution is -2.03. The molecular formula is C18H10ClFN2O2S. The van der Waals surface area contributed by atoms with Gasteiger partial charge in [-0.3, -0.25) is 0 Å². The Balaban J connectivity index is 1.71. The van der Waals surface area contributed by atoms with Crippen LogP contribution in [-0.4, -0.2) is 4.98 Å². The first-order valence-electron chi connectivity index (χ1n) is 7.30. The van der Waals surface area contributed by atoms with Crippen LogP contribution in [0.5, 0.6) is 0 Å². The third kappa shape index (κ3) is 3.26. The Morgan fingerprint density at radius 3 is 2.88 bits per heavy atom. The maximum Gasteiger partial charge on any atom is 0.345 e. The number of anilines is 2. The van der Waals surface area contributed by atoms with Gasteiger partial charge in [-0.2, -0.15) is 0 Å². The fraction of sp³-hybridized carbons (Fsp3) is 0. The van der Waals surface area contributed by atoms with Gasteiger partial charge in [0.25, 0.3) is 0 Å². The Labute approximate surface area is 150 Å². The number of nitrogens with zero attached hydrogens (tertiary/aromatic N) is 1. The fourth-order valence-electron chi connectivity index (χ4n) is 2.42. The molecule has 7 heteroatoms. The minimum atomic E-state index is -0.475. The SMILES string of the molecule is O=c1oc2ccc(Cl)cc2cc1-c1csc(Nc2cccc(F)c2)n1. The van der Waals surface area contributed by atoms with Crippen LogP contribution in [0.3, 0.4) is 0 Å². The van der Waals surface area contributed by atoms with Gasteiger partial charge in [-0.05, 0) is 42.5 Å². The summed E-state index contributed by atoms with van der Waals surface area (Å²) in [7, 11) is 0. The first-order chi connectivity index (χ1) is 12.1. The Bertz CT molecular complexity index is 1140. The second-order valence-electron chi connectivity index (χ2n) is 5.30. The van der Waals surface area contributed by atoms with Gasteiger partial charge < -0.3 is 9.73 Å². The van der Waals surface area contributed by atoms with E-state index in [2.05, 4.69) is 10.3 Å². The normalized spacial score (nSPS) is 11.0.